The van der Waals surface area contributed by atoms with Crippen LogP contribution in [0.1, 0.15) is 40.5 Å². The number of carbonyl (C=O) groups is 5. The highest BCUT2D eigenvalue weighted by molar-refractivity contribution is 5.94. The largest absolute Gasteiger partial charge is 0.481 e. The minimum Gasteiger partial charge on any atom is -0.481 e. The molecule has 172 valence electrons. The Hall–Kier alpha value is -2.73. The van der Waals surface area contributed by atoms with Crippen LogP contribution in [0.3, 0.4) is 0 Å². The van der Waals surface area contributed by atoms with E-state index >= 15 is 0 Å². The summed E-state index contributed by atoms with van der Waals surface area (Å²) in [6.07, 6.45) is -0.682. The number of amides is 3. The van der Waals surface area contributed by atoms with E-state index in [2.05, 4.69) is 16.0 Å². The molecule has 0 fully saturated rings. The summed E-state index contributed by atoms with van der Waals surface area (Å²) in [5.74, 6) is -5.69. The first-order valence-electron chi connectivity index (χ1n) is 9.52. The first-order valence-corrected chi connectivity index (χ1v) is 9.52. The zero-order valence-corrected chi connectivity index (χ0v) is 17.5. The predicted molar refractivity (Wildman–Crippen MR) is 105 cm³/mol. The van der Waals surface area contributed by atoms with Crippen molar-refractivity contribution in [2.45, 2.75) is 64.7 Å². The summed E-state index contributed by atoms with van der Waals surface area (Å²) >= 11 is 0. The lowest BCUT2D eigenvalue weighted by Gasteiger charge is -2.27. The zero-order chi connectivity index (χ0) is 23.6. The van der Waals surface area contributed by atoms with Crippen LogP contribution in [0.25, 0.3) is 0 Å². The molecular weight excluding hydrogens is 400 g/mol. The second-order valence-electron chi connectivity index (χ2n) is 7.71. The van der Waals surface area contributed by atoms with Crippen molar-refractivity contribution in [3.8, 4) is 0 Å². The lowest BCUT2D eigenvalue weighted by Crippen LogP contribution is -2.59. The van der Waals surface area contributed by atoms with Crippen LogP contribution in [-0.2, 0) is 24.0 Å². The van der Waals surface area contributed by atoms with E-state index < -0.39 is 66.9 Å². The van der Waals surface area contributed by atoms with Gasteiger partial charge >= 0.3 is 11.9 Å². The van der Waals surface area contributed by atoms with Crippen LogP contribution in [0.2, 0.25) is 0 Å². The van der Waals surface area contributed by atoms with Crippen molar-refractivity contribution in [1.29, 1.82) is 0 Å². The fourth-order valence-corrected chi connectivity index (χ4v) is 2.49. The number of carbonyl (C=O) groups excluding carboxylic acids is 3. The first kappa shape index (κ1) is 27.3. The van der Waals surface area contributed by atoms with E-state index in [0.29, 0.717) is 0 Å². The Morgan fingerprint density at radius 2 is 1.37 bits per heavy atom. The standard InChI is InChI=1S/C18H32N4O8/c1-8(2)5-11(16(27)21-12(18(29)30)6-13(24)25)20-17(28)14(9(3)4)22-15(26)10(19)7-23/h8-12,14,23H,5-7,19H2,1-4H3,(H,20,28)(H,21,27)(H,22,26)(H,24,25)(H,29,30). The van der Waals surface area contributed by atoms with E-state index in [0.717, 1.165) is 0 Å². The Bertz CT molecular complexity index is 638. The predicted octanol–water partition coefficient (Wildman–Crippen LogP) is -1.98. The molecule has 0 radical (unpaired) electrons. The van der Waals surface area contributed by atoms with Gasteiger partial charge in [-0.3, -0.25) is 19.2 Å². The Kier molecular flexibility index (Phi) is 11.6. The maximum atomic E-state index is 12.7. The number of aliphatic hydroxyl groups excluding tert-OH is 1. The minimum atomic E-state index is -1.66. The Morgan fingerprint density at radius 3 is 1.77 bits per heavy atom. The van der Waals surface area contributed by atoms with Crippen LogP contribution >= 0.6 is 0 Å². The number of nitrogens with one attached hydrogen (secondary N) is 3. The number of nitrogens with two attached hydrogens (primary N) is 1. The lowest BCUT2D eigenvalue weighted by atomic mass is 9.99. The summed E-state index contributed by atoms with van der Waals surface area (Å²) in [6, 6.07) is -5.10. The highest BCUT2D eigenvalue weighted by Gasteiger charge is 2.32. The molecule has 0 aromatic carbocycles. The molecule has 0 aromatic heterocycles. The molecule has 30 heavy (non-hydrogen) atoms. The normalized spacial score (nSPS) is 15.1. The average molecular weight is 432 g/mol. The van der Waals surface area contributed by atoms with Gasteiger partial charge in [-0.2, -0.15) is 0 Å². The van der Waals surface area contributed by atoms with E-state index in [9.17, 15) is 24.0 Å². The SMILES string of the molecule is CC(C)CC(NC(=O)C(NC(=O)C(N)CO)C(C)C)C(=O)NC(CC(=O)O)C(=O)O. The summed E-state index contributed by atoms with van der Waals surface area (Å²) in [4.78, 5) is 59.2. The van der Waals surface area contributed by atoms with Crippen molar-refractivity contribution in [2.24, 2.45) is 17.6 Å². The van der Waals surface area contributed by atoms with E-state index in [4.69, 9.17) is 21.1 Å². The molecule has 0 saturated carbocycles. The van der Waals surface area contributed by atoms with Crippen LogP contribution in [-0.4, -0.2) is 75.8 Å². The van der Waals surface area contributed by atoms with E-state index in [1.165, 1.54) is 0 Å². The van der Waals surface area contributed by atoms with Crippen LogP contribution in [0.15, 0.2) is 0 Å². The maximum absolute atomic E-state index is 12.7. The number of aliphatic carboxylic acids is 2. The van der Waals surface area contributed by atoms with E-state index in [1.54, 1.807) is 27.7 Å². The molecule has 0 aliphatic heterocycles. The zero-order valence-electron chi connectivity index (χ0n) is 17.5. The topological polar surface area (TPSA) is 208 Å². The third-order valence-electron chi connectivity index (χ3n) is 4.11. The van der Waals surface area contributed by atoms with Crippen molar-refractivity contribution in [3.63, 3.8) is 0 Å². The van der Waals surface area contributed by atoms with Crippen LogP contribution < -0.4 is 21.7 Å². The summed E-state index contributed by atoms with van der Waals surface area (Å²) in [5, 5.41) is 33.9. The van der Waals surface area contributed by atoms with Gasteiger partial charge in [0.2, 0.25) is 17.7 Å². The number of carboxylic acid groups (broad SMARTS) is 2. The van der Waals surface area contributed by atoms with Gasteiger partial charge in [0.1, 0.15) is 24.2 Å². The summed E-state index contributed by atoms with van der Waals surface area (Å²) in [6.45, 7) is 6.25. The molecule has 0 aromatic rings. The summed E-state index contributed by atoms with van der Waals surface area (Å²) < 4.78 is 0. The van der Waals surface area contributed by atoms with Gasteiger partial charge < -0.3 is 37.0 Å². The third kappa shape index (κ3) is 9.65. The monoisotopic (exact) mass is 432 g/mol. The second kappa shape index (κ2) is 12.8. The van der Waals surface area contributed by atoms with Crippen molar-refractivity contribution < 1.29 is 39.3 Å². The summed E-state index contributed by atoms with van der Waals surface area (Å²) in [7, 11) is 0. The molecule has 4 atom stereocenters. The Balaban J connectivity index is 5.43. The first-order chi connectivity index (χ1) is 13.8. The van der Waals surface area contributed by atoms with Gasteiger partial charge in [0.25, 0.3) is 0 Å². The maximum Gasteiger partial charge on any atom is 0.326 e. The average Bonchev–Trinajstić information content (AvgIpc) is 2.62. The van der Waals surface area contributed by atoms with Gasteiger partial charge in [0.15, 0.2) is 0 Å². The molecule has 0 rings (SSSR count). The lowest BCUT2D eigenvalue weighted by molar-refractivity contribution is -0.147. The Morgan fingerprint density at radius 1 is 0.833 bits per heavy atom. The molecule has 0 aliphatic carbocycles. The van der Waals surface area contributed by atoms with Gasteiger partial charge in [0, 0.05) is 0 Å². The fraction of sp³-hybridized carbons (Fsp3) is 0.722. The third-order valence-corrected chi connectivity index (χ3v) is 4.11. The quantitative estimate of drug-likeness (QED) is 0.172. The van der Waals surface area contributed by atoms with Crippen molar-refractivity contribution >= 4 is 29.7 Å². The number of hydrogen-bond donors (Lipinski definition) is 7. The second-order valence-corrected chi connectivity index (χ2v) is 7.71. The van der Waals surface area contributed by atoms with Crippen molar-refractivity contribution in [3.05, 3.63) is 0 Å². The molecule has 4 unspecified atom stereocenters. The molecule has 0 saturated heterocycles. The Labute approximate surface area is 174 Å². The fourth-order valence-electron chi connectivity index (χ4n) is 2.49. The summed E-state index contributed by atoms with van der Waals surface area (Å²) in [5.41, 5.74) is 5.44. The van der Waals surface area contributed by atoms with Crippen LogP contribution in [0.5, 0.6) is 0 Å². The van der Waals surface area contributed by atoms with Gasteiger partial charge in [-0.05, 0) is 18.3 Å². The van der Waals surface area contributed by atoms with Crippen molar-refractivity contribution in [2.75, 3.05) is 6.61 Å². The minimum absolute atomic E-state index is 0.0706. The molecular formula is C18H32N4O8. The molecule has 8 N–H and O–H groups in total. The number of aliphatic hydroxyl groups is 1. The number of carboxylic acids is 2. The molecule has 3 amide bonds. The molecule has 0 bridgehead atoms. The number of hydrogen-bond acceptors (Lipinski definition) is 7. The molecule has 0 spiro atoms. The number of rotatable bonds is 13. The van der Waals surface area contributed by atoms with Gasteiger partial charge in [-0.15, -0.1) is 0 Å². The highest BCUT2D eigenvalue weighted by atomic mass is 16.4. The molecule has 12 heteroatoms. The van der Waals surface area contributed by atoms with Crippen LogP contribution in [0.4, 0.5) is 0 Å². The smallest absolute Gasteiger partial charge is 0.326 e. The van der Waals surface area contributed by atoms with Gasteiger partial charge in [0.05, 0.1) is 13.0 Å². The van der Waals surface area contributed by atoms with Gasteiger partial charge in [-0.25, -0.2) is 4.79 Å². The van der Waals surface area contributed by atoms with E-state index in [1.807, 2.05) is 0 Å². The van der Waals surface area contributed by atoms with Crippen molar-refractivity contribution in [1.82, 2.24) is 16.0 Å². The highest BCUT2D eigenvalue weighted by Crippen LogP contribution is 2.09. The molecule has 12 nitrogen and oxygen atoms in total. The molecule has 0 heterocycles. The molecule has 0 aliphatic rings. The van der Waals surface area contributed by atoms with Crippen LogP contribution in [0, 0.1) is 11.8 Å². The van der Waals surface area contributed by atoms with Gasteiger partial charge in [-0.1, -0.05) is 27.7 Å². The van der Waals surface area contributed by atoms with E-state index in [-0.39, 0.29) is 18.3 Å².